The number of hydrogen-bond donors (Lipinski definition) is 6. The number of benzene rings is 1. The lowest BCUT2D eigenvalue weighted by molar-refractivity contribution is -0.239. The van der Waals surface area contributed by atoms with E-state index < -0.39 is 78.5 Å². The lowest BCUT2D eigenvalue weighted by Gasteiger charge is -2.35. The van der Waals surface area contributed by atoms with E-state index >= 15 is 0 Å². The van der Waals surface area contributed by atoms with Crippen LogP contribution in [-0.4, -0.2) is 86.5 Å². The average molecular weight is 771 g/mol. The molecular weight excluding hydrogens is 735 g/mol. The van der Waals surface area contributed by atoms with E-state index in [0.29, 0.717) is 27.7 Å². The Labute approximate surface area is 268 Å². The number of ether oxygens (including phenoxy) is 2. The first-order chi connectivity index (χ1) is 20.5. The first kappa shape index (κ1) is 40.0. The second kappa shape index (κ2) is 16.5. The summed E-state index contributed by atoms with van der Waals surface area (Å²) in [5.74, 6) is -2.77. The van der Waals surface area contributed by atoms with Crippen LogP contribution in [0.15, 0.2) is 24.3 Å². The zero-order valence-corrected chi connectivity index (χ0v) is 27.1. The maximum absolute atomic E-state index is 13.8. The van der Waals surface area contributed by atoms with Gasteiger partial charge in [0.05, 0.1) is 18.1 Å². The zero-order chi connectivity index (χ0) is 34.8. The Hall–Kier alpha value is -3.07. The summed E-state index contributed by atoms with van der Waals surface area (Å²) in [5.41, 5.74) is -0.783. The van der Waals surface area contributed by atoms with E-state index in [1.54, 1.807) is 12.1 Å². The van der Waals surface area contributed by atoms with Gasteiger partial charge in [0.2, 0.25) is 0 Å². The number of aliphatic hydroxyl groups is 1. The minimum Gasteiger partial charge on any atom is -0.449 e. The second-order valence-corrected chi connectivity index (χ2v) is 12.1. The Bertz CT molecular complexity index is 1170. The van der Waals surface area contributed by atoms with Gasteiger partial charge in [0, 0.05) is 30.1 Å². The number of hydrogen-bond acceptors (Lipinski definition) is 8. The quantitative estimate of drug-likeness (QED) is 0.0955. The first-order valence-corrected chi connectivity index (χ1v) is 14.3. The van der Waals surface area contributed by atoms with Crippen LogP contribution in [0.3, 0.4) is 0 Å². The maximum atomic E-state index is 13.8. The van der Waals surface area contributed by atoms with Crippen molar-refractivity contribution in [3.8, 4) is 0 Å². The topological polar surface area (TPSA) is 167 Å². The van der Waals surface area contributed by atoms with E-state index in [4.69, 9.17) is 4.74 Å². The molecule has 0 saturated heterocycles. The van der Waals surface area contributed by atoms with Crippen LogP contribution >= 0.6 is 22.6 Å². The van der Waals surface area contributed by atoms with Crippen molar-refractivity contribution in [1.29, 1.82) is 0 Å². The van der Waals surface area contributed by atoms with E-state index in [1.165, 1.54) is 0 Å². The van der Waals surface area contributed by atoms with Crippen molar-refractivity contribution in [1.82, 2.24) is 26.8 Å². The molecule has 0 spiro atoms. The third-order valence-electron chi connectivity index (χ3n) is 6.63. The van der Waals surface area contributed by atoms with Gasteiger partial charge in [-0.3, -0.25) is 15.0 Å². The van der Waals surface area contributed by atoms with Crippen molar-refractivity contribution in [2.75, 3.05) is 26.7 Å². The van der Waals surface area contributed by atoms with Crippen LogP contribution in [0.1, 0.15) is 33.3 Å². The Balaban J connectivity index is 2.79. The Morgan fingerprint density at radius 1 is 0.867 bits per heavy atom. The molecule has 6 N–H and O–H groups in total. The van der Waals surface area contributed by atoms with Crippen molar-refractivity contribution in [3.05, 3.63) is 33.4 Å². The van der Waals surface area contributed by atoms with Crippen molar-refractivity contribution in [2.45, 2.75) is 64.7 Å². The van der Waals surface area contributed by atoms with Gasteiger partial charge >= 0.3 is 24.5 Å². The third-order valence-corrected chi connectivity index (χ3v) is 7.35. The van der Waals surface area contributed by atoms with Crippen molar-refractivity contribution in [3.63, 3.8) is 0 Å². The zero-order valence-electron chi connectivity index (χ0n) is 24.9. The monoisotopic (exact) mass is 771 g/mol. The molecule has 3 atom stereocenters. The number of alkyl halides is 6. The van der Waals surface area contributed by atoms with E-state index in [2.05, 4.69) is 32.8 Å². The predicted octanol–water partition coefficient (Wildman–Crippen LogP) is 2.93. The van der Waals surface area contributed by atoms with Crippen molar-refractivity contribution in [2.24, 2.45) is 10.8 Å². The molecule has 1 aromatic rings. The highest BCUT2D eigenvalue weighted by Gasteiger charge is 2.57. The number of hydrazine groups is 1. The van der Waals surface area contributed by atoms with Gasteiger partial charge in [0.1, 0.15) is 11.5 Å². The molecule has 1 aromatic carbocycles. The molecule has 12 nitrogen and oxygen atoms in total. The van der Waals surface area contributed by atoms with Crippen LogP contribution in [0, 0.1) is 14.4 Å². The van der Waals surface area contributed by atoms with Crippen molar-refractivity contribution < 1.29 is 60.1 Å². The summed E-state index contributed by atoms with van der Waals surface area (Å²) < 4.78 is 92.3. The lowest BCUT2D eigenvalue weighted by atomic mass is 9.83. The van der Waals surface area contributed by atoms with Gasteiger partial charge in [-0.15, -0.1) is 0 Å². The van der Waals surface area contributed by atoms with Crippen LogP contribution in [0.5, 0.6) is 0 Å². The minimum atomic E-state index is -4.98. The van der Waals surface area contributed by atoms with E-state index in [0.717, 1.165) is 16.2 Å². The molecule has 0 radical (unpaired) electrons. The molecule has 0 aliphatic carbocycles. The Kier molecular flexibility index (Phi) is 14.6. The van der Waals surface area contributed by atoms with E-state index in [1.807, 2.05) is 33.5 Å². The minimum absolute atomic E-state index is 0.196. The molecule has 0 saturated carbocycles. The highest BCUT2D eigenvalue weighted by Crippen LogP contribution is 2.42. The molecule has 3 unspecified atom stereocenters. The van der Waals surface area contributed by atoms with Gasteiger partial charge < -0.3 is 30.5 Å². The van der Waals surface area contributed by atoms with Crippen LogP contribution in [0.25, 0.3) is 0 Å². The number of nitrogens with one attached hydrogen (secondary N) is 5. The fourth-order valence-corrected chi connectivity index (χ4v) is 3.72. The van der Waals surface area contributed by atoms with Gasteiger partial charge in [-0.1, -0.05) is 12.1 Å². The summed E-state index contributed by atoms with van der Waals surface area (Å²) in [6.07, 6.45) is -16.3. The number of carbonyl (C=O) groups excluding carboxylic acids is 4. The van der Waals surface area contributed by atoms with Gasteiger partial charge in [-0.05, 0) is 68.0 Å². The first-order valence-electron chi connectivity index (χ1n) is 13.2. The Morgan fingerprint density at radius 3 is 1.93 bits per heavy atom. The van der Waals surface area contributed by atoms with Crippen LogP contribution < -0.4 is 26.8 Å². The number of carbonyl (C=O) groups is 4. The lowest BCUT2D eigenvalue weighted by Crippen LogP contribution is -2.61. The van der Waals surface area contributed by atoms with E-state index in [-0.39, 0.29) is 13.0 Å². The highest BCUT2D eigenvalue weighted by molar-refractivity contribution is 14.1. The molecule has 0 aliphatic heterocycles. The number of alkyl carbamates (subject to hydrolysis) is 2. The summed E-state index contributed by atoms with van der Waals surface area (Å²) in [6, 6.07) is 4.97. The summed E-state index contributed by atoms with van der Waals surface area (Å²) in [7, 11) is 1.06. The average Bonchev–Trinajstić information content (AvgIpc) is 2.92. The molecule has 4 amide bonds. The number of rotatable bonds is 14. The predicted molar refractivity (Wildman–Crippen MR) is 155 cm³/mol. The number of aliphatic hydroxyl groups excluding tert-OH is 1. The molecule has 256 valence electrons. The van der Waals surface area contributed by atoms with Crippen LogP contribution in [0.4, 0.5) is 35.9 Å². The van der Waals surface area contributed by atoms with E-state index in [9.17, 15) is 50.6 Å². The van der Waals surface area contributed by atoms with Gasteiger partial charge in [-0.2, -0.15) is 26.3 Å². The second-order valence-electron chi connectivity index (χ2n) is 10.8. The maximum Gasteiger partial charge on any atom is 0.407 e. The third kappa shape index (κ3) is 12.0. The summed E-state index contributed by atoms with van der Waals surface area (Å²) in [6.45, 7) is 1.07. The Morgan fingerprint density at radius 2 is 1.42 bits per heavy atom. The highest BCUT2D eigenvalue weighted by atomic mass is 127. The number of amides is 4. The molecule has 0 aliphatic rings. The van der Waals surface area contributed by atoms with Gasteiger partial charge in [0.25, 0.3) is 11.8 Å². The van der Waals surface area contributed by atoms with Crippen molar-refractivity contribution >= 4 is 46.6 Å². The standard InChI is InChI=1S/C26H36F6IN5O7/c1-23(2,25(27,28)29)17(37-22(43)44-11-10-14-6-8-15(33)9-7-14)19(40)38-36-13-16(39)12-35-20(41)18(45-21(42)34-5)24(3,4)26(30,31)32/h6-9,16-18,36,39H,10-13H2,1-5H3,(H,34,42)(H,35,41)(H,37,43)(H,38,40). The van der Waals surface area contributed by atoms with Crippen LogP contribution in [-0.2, 0) is 25.5 Å². The molecule has 0 aromatic heterocycles. The smallest absolute Gasteiger partial charge is 0.407 e. The SMILES string of the molecule is CNC(=O)OC(C(=O)NCC(O)CNNC(=O)C(NC(=O)OCCc1ccc(I)cc1)C(C)(C)C(F)(F)F)C(C)(C)C(F)(F)F. The number of halogens is 7. The molecule has 0 bridgehead atoms. The molecule has 45 heavy (non-hydrogen) atoms. The fraction of sp³-hybridized carbons (Fsp3) is 0.615. The summed E-state index contributed by atoms with van der Waals surface area (Å²) in [4.78, 5) is 49.0. The molecule has 0 fully saturated rings. The molecule has 0 heterocycles. The molecular formula is C26H36F6IN5O7. The summed E-state index contributed by atoms with van der Waals surface area (Å²) in [5, 5.41) is 15.9. The largest absolute Gasteiger partial charge is 0.449 e. The fourth-order valence-electron chi connectivity index (χ4n) is 3.36. The summed E-state index contributed by atoms with van der Waals surface area (Å²) >= 11 is 2.10. The normalized spacial score (nSPS) is 14.4. The molecule has 19 heteroatoms. The van der Waals surface area contributed by atoms with Gasteiger partial charge in [-0.25, -0.2) is 15.0 Å². The van der Waals surface area contributed by atoms with Gasteiger partial charge in [0.15, 0.2) is 6.10 Å². The molecule has 1 rings (SSSR count). The van der Waals surface area contributed by atoms with Crippen LogP contribution in [0.2, 0.25) is 0 Å².